The Balaban J connectivity index is 1.64. The molecule has 0 spiro atoms. The van der Waals surface area contributed by atoms with Crippen LogP contribution < -0.4 is 4.74 Å². The number of rotatable bonds is 5. The first-order valence-corrected chi connectivity index (χ1v) is 8.67. The van der Waals surface area contributed by atoms with Crippen molar-refractivity contribution >= 4 is 5.78 Å². The van der Waals surface area contributed by atoms with Gasteiger partial charge in [0, 0.05) is 12.0 Å². The minimum atomic E-state index is 0.161. The predicted octanol–water partition coefficient (Wildman–Crippen LogP) is 6.12. The number of ketones is 1. The van der Waals surface area contributed by atoms with E-state index in [9.17, 15) is 4.79 Å². The Labute approximate surface area is 138 Å². The normalized spacial score (nSPS) is 15.3. The molecule has 0 atom stereocenters. The summed E-state index contributed by atoms with van der Waals surface area (Å²) in [5.74, 6) is 2.49. The van der Waals surface area contributed by atoms with Crippen molar-refractivity contribution < 1.29 is 9.53 Å². The van der Waals surface area contributed by atoms with Gasteiger partial charge in [-0.3, -0.25) is 4.79 Å². The second kappa shape index (κ2) is 7.45. The summed E-state index contributed by atoms with van der Waals surface area (Å²) in [6, 6.07) is 15.9. The molecule has 1 aliphatic carbocycles. The summed E-state index contributed by atoms with van der Waals surface area (Å²) in [4.78, 5) is 11.6. The van der Waals surface area contributed by atoms with E-state index in [1.165, 1.54) is 37.7 Å². The number of carbonyl (C=O) groups excluding carboxylic acids is 1. The van der Waals surface area contributed by atoms with Crippen LogP contribution in [-0.4, -0.2) is 5.78 Å². The highest BCUT2D eigenvalue weighted by molar-refractivity contribution is 5.95. The number of benzene rings is 2. The van der Waals surface area contributed by atoms with Gasteiger partial charge in [-0.05, 0) is 60.7 Å². The fourth-order valence-corrected chi connectivity index (χ4v) is 3.29. The van der Waals surface area contributed by atoms with E-state index in [1.54, 1.807) is 0 Å². The molecule has 1 saturated carbocycles. The lowest BCUT2D eigenvalue weighted by Gasteiger charge is -2.22. The van der Waals surface area contributed by atoms with Crippen molar-refractivity contribution in [3.63, 3.8) is 0 Å². The fourth-order valence-electron chi connectivity index (χ4n) is 3.29. The number of hydrogen-bond donors (Lipinski definition) is 0. The summed E-state index contributed by atoms with van der Waals surface area (Å²) in [6.45, 7) is 1.88. The van der Waals surface area contributed by atoms with Crippen LogP contribution in [0, 0.1) is 0 Å². The van der Waals surface area contributed by atoms with Crippen molar-refractivity contribution in [3.05, 3.63) is 59.7 Å². The second-order valence-electron chi connectivity index (χ2n) is 6.31. The zero-order valence-corrected chi connectivity index (χ0v) is 13.8. The Morgan fingerprint density at radius 1 is 0.913 bits per heavy atom. The van der Waals surface area contributed by atoms with Crippen molar-refractivity contribution in [2.45, 2.75) is 51.4 Å². The molecular formula is C21H24O2. The van der Waals surface area contributed by atoms with Crippen molar-refractivity contribution in [1.82, 2.24) is 0 Å². The average molecular weight is 308 g/mol. The minimum absolute atomic E-state index is 0.161. The molecule has 2 heteroatoms. The lowest BCUT2D eigenvalue weighted by molar-refractivity contribution is 0.0988. The number of carbonyl (C=O) groups is 1. The first-order valence-electron chi connectivity index (χ1n) is 8.67. The van der Waals surface area contributed by atoms with Gasteiger partial charge in [-0.15, -0.1) is 0 Å². The van der Waals surface area contributed by atoms with E-state index in [1.807, 2.05) is 31.2 Å². The van der Waals surface area contributed by atoms with Gasteiger partial charge in [-0.1, -0.05) is 38.3 Å². The van der Waals surface area contributed by atoms with Gasteiger partial charge in [0.05, 0.1) is 0 Å². The van der Waals surface area contributed by atoms with Crippen molar-refractivity contribution in [3.8, 4) is 11.5 Å². The number of ether oxygens (including phenoxy) is 1. The molecule has 0 aromatic heterocycles. The Kier molecular flexibility index (Phi) is 5.12. The van der Waals surface area contributed by atoms with Gasteiger partial charge in [0.1, 0.15) is 11.5 Å². The van der Waals surface area contributed by atoms with E-state index >= 15 is 0 Å². The van der Waals surface area contributed by atoms with Crippen molar-refractivity contribution in [1.29, 1.82) is 0 Å². The van der Waals surface area contributed by atoms with Gasteiger partial charge in [0.2, 0.25) is 0 Å². The van der Waals surface area contributed by atoms with Crippen LogP contribution in [0.3, 0.4) is 0 Å². The third-order valence-corrected chi connectivity index (χ3v) is 4.69. The highest BCUT2D eigenvalue weighted by Gasteiger charge is 2.15. The third kappa shape index (κ3) is 4.01. The van der Waals surface area contributed by atoms with Crippen molar-refractivity contribution in [2.75, 3.05) is 0 Å². The van der Waals surface area contributed by atoms with Gasteiger partial charge in [0.15, 0.2) is 5.78 Å². The van der Waals surface area contributed by atoms with E-state index in [-0.39, 0.29) is 5.78 Å². The van der Waals surface area contributed by atoms with Gasteiger partial charge < -0.3 is 4.74 Å². The Bertz CT molecular complexity index is 635. The molecule has 2 aromatic rings. The maximum absolute atomic E-state index is 11.6. The average Bonchev–Trinajstić information content (AvgIpc) is 2.63. The monoisotopic (exact) mass is 308 g/mol. The molecule has 0 amide bonds. The van der Waals surface area contributed by atoms with Crippen LogP contribution in [0.5, 0.6) is 11.5 Å². The first kappa shape index (κ1) is 15.8. The molecule has 23 heavy (non-hydrogen) atoms. The van der Waals surface area contributed by atoms with Crippen LogP contribution in [0.4, 0.5) is 0 Å². The molecule has 2 nitrogen and oxygen atoms in total. The largest absolute Gasteiger partial charge is 0.457 e. The second-order valence-corrected chi connectivity index (χ2v) is 6.31. The predicted molar refractivity (Wildman–Crippen MR) is 93.4 cm³/mol. The molecule has 0 aliphatic heterocycles. The maximum Gasteiger partial charge on any atom is 0.162 e. The zero-order valence-electron chi connectivity index (χ0n) is 13.8. The van der Waals surface area contributed by atoms with Gasteiger partial charge in [-0.25, -0.2) is 0 Å². The molecule has 0 radical (unpaired) electrons. The van der Waals surface area contributed by atoms with Crippen LogP contribution in [0.1, 0.15) is 67.3 Å². The standard InChI is InChI=1S/C21H24O2/c1-2-21(22)18-10-14-20(15-11-18)23-19-12-8-17(9-13-19)16-6-4-3-5-7-16/h8-16H,2-7H2,1H3. The minimum Gasteiger partial charge on any atom is -0.457 e. The van der Waals surface area contributed by atoms with Crippen LogP contribution >= 0.6 is 0 Å². The van der Waals surface area contributed by atoms with E-state index < -0.39 is 0 Å². The summed E-state index contributed by atoms with van der Waals surface area (Å²) in [7, 11) is 0. The summed E-state index contributed by atoms with van der Waals surface area (Å²) < 4.78 is 5.88. The SMILES string of the molecule is CCC(=O)c1ccc(Oc2ccc(C3CCCCC3)cc2)cc1. The summed E-state index contributed by atoms with van der Waals surface area (Å²) >= 11 is 0. The first-order chi connectivity index (χ1) is 11.3. The topological polar surface area (TPSA) is 26.3 Å². The van der Waals surface area contributed by atoms with Gasteiger partial charge in [0.25, 0.3) is 0 Å². The fraction of sp³-hybridized carbons (Fsp3) is 0.381. The van der Waals surface area contributed by atoms with Crippen LogP contribution in [0.2, 0.25) is 0 Å². The molecule has 0 N–H and O–H groups in total. The van der Waals surface area contributed by atoms with Gasteiger partial charge in [-0.2, -0.15) is 0 Å². The Morgan fingerprint density at radius 2 is 1.48 bits per heavy atom. The quantitative estimate of drug-likeness (QED) is 0.622. The van der Waals surface area contributed by atoms with E-state index in [0.29, 0.717) is 6.42 Å². The van der Waals surface area contributed by atoms with Gasteiger partial charge >= 0.3 is 0 Å². The lowest BCUT2D eigenvalue weighted by Crippen LogP contribution is -2.04. The molecule has 1 fully saturated rings. The smallest absolute Gasteiger partial charge is 0.162 e. The molecule has 1 aliphatic rings. The highest BCUT2D eigenvalue weighted by atomic mass is 16.5. The molecular weight excluding hydrogens is 284 g/mol. The third-order valence-electron chi connectivity index (χ3n) is 4.69. The molecule has 2 aromatic carbocycles. The zero-order chi connectivity index (χ0) is 16.1. The highest BCUT2D eigenvalue weighted by Crippen LogP contribution is 2.33. The maximum atomic E-state index is 11.6. The molecule has 0 saturated heterocycles. The van der Waals surface area contributed by atoms with Crippen molar-refractivity contribution in [2.24, 2.45) is 0 Å². The summed E-state index contributed by atoms with van der Waals surface area (Å²) in [5.41, 5.74) is 2.17. The summed E-state index contributed by atoms with van der Waals surface area (Å²) in [5, 5.41) is 0. The van der Waals surface area contributed by atoms with Crippen LogP contribution in [0.15, 0.2) is 48.5 Å². The molecule has 120 valence electrons. The van der Waals surface area contributed by atoms with E-state index in [4.69, 9.17) is 4.74 Å². The van der Waals surface area contributed by atoms with Crippen LogP contribution in [-0.2, 0) is 0 Å². The van der Waals surface area contributed by atoms with Crippen LogP contribution in [0.25, 0.3) is 0 Å². The lowest BCUT2D eigenvalue weighted by atomic mass is 9.84. The number of Topliss-reactive ketones (excluding diaryl/α,β-unsaturated/α-hetero) is 1. The Morgan fingerprint density at radius 3 is 2.04 bits per heavy atom. The number of hydrogen-bond acceptors (Lipinski definition) is 2. The summed E-state index contributed by atoms with van der Waals surface area (Å²) in [6.07, 6.45) is 7.24. The molecule has 3 rings (SSSR count). The Hall–Kier alpha value is -2.09. The molecule has 0 unspecified atom stereocenters. The molecule has 0 bridgehead atoms. The van der Waals surface area contributed by atoms with E-state index in [0.717, 1.165) is 23.0 Å². The van der Waals surface area contributed by atoms with E-state index in [2.05, 4.69) is 24.3 Å². The molecule has 0 heterocycles.